The lowest BCUT2D eigenvalue weighted by atomic mass is 9.73. The normalized spacial score (nSPS) is 28.0. The van der Waals surface area contributed by atoms with E-state index in [0.29, 0.717) is 6.04 Å². The number of rotatable bonds is 10. The first kappa shape index (κ1) is 19.0. The molecule has 0 bridgehead atoms. The van der Waals surface area contributed by atoms with Crippen LogP contribution in [0.3, 0.4) is 0 Å². The second-order valence-corrected chi connectivity index (χ2v) is 7.51. The third kappa shape index (κ3) is 6.28. The lowest BCUT2D eigenvalue weighted by molar-refractivity contribution is -0.0981. The molecule has 0 aliphatic heterocycles. The van der Waals surface area contributed by atoms with Crippen molar-refractivity contribution in [2.45, 2.75) is 97.6 Å². The summed E-state index contributed by atoms with van der Waals surface area (Å²) >= 11 is 0. The molecule has 21 heavy (non-hydrogen) atoms. The van der Waals surface area contributed by atoms with Gasteiger partial charge in [-0.25, -0.2) is 0 Å². The van der Waals surface area contributed by atoms with Gasteiger partial charge in [-0.05, 0) is 63.8 Å². The fourth-order valence-corrected chi connectivity index (χ4v) is 3.73. The van der Waals surface area contributed by atoms with Crippen LogP contribution >= 0.6 is 0 Å². The SMILES string of the molecule is CCCNC(CCCC(C)C)C1(OCC)CCC(C)CC1. The Morgan fingerprint density at radius 1 is 1.14 bits per heavy atom. The summed E-state index contributed by atoms with van der Waals surface area (Å²) in [5.41, 5.74) is 0.105. The number of ether oxygens (including phenoxy) is 1. The monoisotopic (exact) mass is 297 g/mol. The molecular weight excluding hydrogens is 258 g/mol. The first-order valence-electron chi connectivity index (χ1n) is 9.41. The van der Waals surface area contributed by atoms with E-state index in [-0.39, 0.29) is 5.60 Å². The average molecular weight is 298 g/mol. The summed E-state index contributed by atoms with van der Waals surface area (Å²) in [6.07, 6.45) is 10.3. The van der Waals surface area contributed by atoms with E-state index in [9.17, 15) is 0 Å². The van der Waals surface area contributed by atoms with Gasteiger partial charge >= 0.3 is 0 Å². The quantitative estimate of drug-likeness (QED) is 0.601. The second kappa shape index (κ2) is 9.84. The van der Waals surface area contributed by atoms with Gasteiger partial charge in [-0.1, -0.05) is 40.5 Å². The first-order valence-corrected chi connectivity index (χ1v) is 9.41. The summed E-state index contributed by atoms with van der Waals surface area (Å²) in [7, 11) is 0. The molecule has 0 spiro atoms. The maximum absolute atomic E-state index is 6.37. The minimum absolute atomic E-state index is 0.105. The fourth-order valence-electron chi connectivity index (χ4n) is 3.73. The van der Waals surface area contributed by atoms with Crippen molar-refractivity contribution in [3.63, 3.8) is 0 Å². The van der Waals surface area contributed by atoms with Crippen molar-refractivity contribution in [2.75, 3.05) is 13.2 Å². The molecule has 0 radical (unpaired) electrons. The molecule has 1 atom stereocenters. The lowest BCUT2D eigenvalue weighted by Gasteiger charge is -2.45. The predicted molar refractivity (Wildman–Crippen MR) is 92.8 cm³/mol. The first-order chi connectivity index (χ1) is 10.0. The Morgan fingerprint density at radius 3 is 2.33 bits per heavy atom. The van der Waals surface area contributed by atoms with Gasteiger partial charge in [0.25, 0.3) is 0 Å². The molecule has 1 aliphatic rings. The number of hydrogen-bond acceptors (Lipinski definition) is 2. The molecular formula is C19H39NO. The van der Waals surface area contributed by atoms with Gasteiger partial charge in [0.05, 0.1) is 5.60 Å². The summed E-state index contributed by atoms with van der Waals surface area (Å²) in [4.78, 5) is 0. The van der Waals surface area contributed by atoms with Gasteiger partial charge in [-0.2, -0.15) is 0 Å². The standard InChI is InChI=1S/C19H39NO/c1-6-15-20-18(10-8-9-16(3)4)19(21-7-2)13-11-17(5)12-14-19/h16-18,20H,6-15H2,1-5H3. The Kier molecular flexibility index (Phi) is 8.89. The molecule has 0 aromatic carbocycles. The Morgan fingerprint density at radius 2 is 1.81 bits per heavy atom. The molecule has 1 unspecified atom stereocenters. The van der Waals surface area contributed by atoms with Crippen molar-refractivity contribution in [1.29, 1.82) is 0 Å². The Bertz CT molecular complexity index is 256. The Hall–Kier alpha value is -0.0800. The van der Waals surface area contributed by atoms with Gasteiger partial charge in [0.15, 0.2) is 0 Å². The van der Waals surface area contributed by atoms with Crippen LogP contribution in [-0.4, -0.2) is 24.8 Å². The summed E-state index contributed by atoms with van der Waals surface area (Å²) in [6, 6.07) is 0.545. The third-order valence-electron chi connectivity index (χ3n) is 5.10. The van der Waals surface area contributed by atoms with E-state index in [0.717, 1.165) is 25.0 Å². The van der Waals surface area contributed by atoms with E-state index in [2.05, 4.69) is 39.9 Å². The zero-order chi connectivity index (χ0) is 15.7. The molecule has 2 heteroatoms. The summed E-state index contributed by atoms with van der Waals surface area (Å²) in [5, 5.41) is 3.83. The third-order valence-corrected chi connectivity index (χ3v) is 5.10. The van der Waals surface area contributed by atoms with Crippen molar-refractivity contribution < 1.29 is 4.74 Å². The molecule has 0 aromatic heterocycles. The van der Waals surface area contributed by atoms with E-state index >= 15 is 0 Å². The number of nitrogens with one attached hydrogen (secondary N) is 1. The van der Waals surface area contributed by atoms with Crippen LogP contribution in [0.1, 0.15) is 86.0 Å². The smallest absolute Gasteiger partial charge is 0.0834 e. The molecule has 0 amide bonds. The van der Waals surface area contributed by atoms with Crippen molar-refractivity contribution >= 4 is 0 Å². The maximum Gasteiger partial charge on any atom is 0.0834 e. The van der Waals surface area contributed by atoms with Gasteiger partial charge in [-0.3, -0.25) is 0 Å². The molecule has 0 saturated heterocycles. The summed E-state index contributed by atoms with van der Waals surface area (Å²) < 4.78 is 6.37. The van der Waals surface area contributed by atoms with Crippen LogP contribution in [0.5, 0.6) is 0 Å². The highest BCUT2D eigenvalue weighted by molar-refractivity contribution is 4.96. The Balaban J connectivity index is 2.69. The summed E-state index contributed by atoms with van der Waals surface area (Å²) in [6.45, 7) is 13.4. The van der Waals surface area contributed by atoms with E-state index in [1.165, 1.54) is 51.4 Å². The second-order valence-electron chi connectivity index (χ2n) is 7.51. The van der Waals surface area contributed by atoms with Gasteiger partial charge in [0.2, 0.25) is 0 Å². The van der Waals surface area contributed by atoms with Gasteiger partial charge in [-0.15, -0.1) is 0 Å². The molecule has 1 aliphatic carbocycles. The highest BCUT2D eigenvalue weighted by atomic mass is 16.5. The maximum atomic E-state index is 6.37. The highest BCUT2D eigenvalue weighted by Gasteiger charge is 2.41. The molecule has 1 fully saturated rings. The van der Waals surface area contributed by atoms with Crippen LogP contribution in [0.15, 0.2) is 0 Å². The van der Waals surface area contributed by atoms with Crippen molar-refractivity contribution in [2.24, 2.45) is 11.8 Å². The van der Waals surface area contributed by atoms with Crippen molar-refractivity contribution in [3.05, 3.63) is 0 Å². The predicted octanol–water partition coefficient (Wildman–Crippen LogP) is 5.17. The topological polar surface area (TPSA) is 21.3 Å². The minimum Gasteiger partial charge on any atom is -0.374 e. The van der Waals surface area contributed by atoms with Crippen LogP contribution in [-0.2, 0) is 4.74 Å². The van der Waals surface area contributed by atoms with Crippen LogP contribution in [0.4, 0.5) is 0 Å². The molecule has 126 valence electrons. The fraction of sp³-hybridized carbons (Fsp3) is 1.00. The molecule has 2 nitrogen and oxygen atoms in total. The van der Waals surface area contributed by atoms with Crippen LogP contribution in [0, 0.1) is 11.8 Å². The van der Waals surface area contributed by atoms with Gasteiger partial charge in [0, 0.05) is 12.6 Å². The molecule has 1 saturated carbocycles. The van der Waals surface area contributed by atoms with Gasteiger partial charge in [0.1, 0.15) is 0 Å². The van der Waals surface area contributed by atoms with E-state index < -0.39 is 0 Å². The number of hydrogen-bond donors (Lipinski definition) is 1. The van der Waals surface area contributed by atoms with E-state index in [4.69, 9.17) is 4.74 Å². The average Bonchev–Trinajstić information content (AvgIpc) is 2.45. The van der Waals surface area contributed by atoms with Crippen molar-refractivity contribution in [1.82, 2.24) is 5.32 Å². The van der Waals surface area contributed by atoms with Crippen LogP contribution in [0.25, 0.3) is 0 Å². The van der Waals surface area contributed by atoms with Crippen molar-refractivity contribution in [3.8, 4) is 0 Å². The largest absolute Gasteiger partial charge is 0.374 e. The van der Waals surface area contributed by atoms with Crippen LogP contribution < -0.4 is 5.32 Å². The lowest BCUT2D eigenvalue weighted by Crippen LogP contribution is -2.54. The molecule has 0 aromatic rings. The molecule has 1 N–H and O–H groups in total. The molecule has 1 rings (SSSR count). The van der Waals surface area contributed by atoms with Gasteiger partial charge < -0.3 is 10.1 Å². The minimum atomic E-state index is 0.105. The van der Waals surface area contributed by atoms with E-state index in [1.54, 1.807) is 0 Å². The molecule has 0 heterocycles. The zero-order valence-corrected chi connectivity index (χ0v) is 15.2. The Labute approximate surface area is 133 Å². The zero-order valence-electron chi connectivity index (χ0n) is 15.2. The summed E-state index contributed by atoms with van der Waals surface area (Å²) in [5.74, 6) is 1.69. The highest BCUT2D eigenvalue weighted by Crippen LogP contribution is 2.38. The van der Waals surface area contributed by atoms with Crippen LogP contribution in [0.2, 0.25) is 0 Å². The van der Waals surface area contributed by atoms with E-state index in [1.807, 2.05) is 0 Å².